The van der Waals surface area contributed by atoms with E-state index in [-0.39, 0.29) is 5.91 Å². The van der Waals surface area contributed by atoms with Gasteiger partial charge in [-0.05, 0) is 42.5 Å². The maximum Gasteiger partial charge on any atom is 0.258 e. The Balaban J connectivity index is 1.57. The second-order valence-electron chi connectivity index (χ2n) is 5.77. The molecule has 0 saturated heterocycles. The van der Waals surface area contributed by atoms with Gasteiger partial charge in [0.15, 0.2) is 5.82 Å². The smallest absolute Gasteiger partial charge is 0.258 e. The molecule has 2 aromatic heterocycles. The standard InChI is InChI=1S/C19H16N4O2S/c1-23-11-10-14-15(4-3-5-16(14)23)18(24)21-19-20-17(22-26-19)12-6-8-13(25-2)9-7-12/h3-11H,1-2H3,(H,20,21,22,24). The molecule has 4 aromatic rings. The third-order valence-electron chi connectivity index (χ3n) is 4.17. The Kier molecular flexibility index (Phi) is 4.14. The molecule has 0 fully saturated rings. The Labute approximate surface area is 154 Å². The second-order valence-corrected chi connectivity index (χ2v) is 6.52. The second kappa shape index (κ2) is 6.61. The van der Waals surface area contributed by atoms with Crippen molar-refractivity contribution >= 4 is 33.5 Å². The molecule has 2 aromatic carbocycles. The summed E-state index contributed by atoms with van der Waals surface area (Å²) in [5, 5.41) is 4.22. The maximum atomic E-state index is 12.7. The van der Waals surface area contributed by atoms with Gasteiger partial charge in [0.2, 0.25) is 5.13 Å². The number of anilines is 1. The van der Waals surface area contributed by atoms with E-state index in [1.54, 1.807) is 7.11 Å². The SMILES string of the molecule is COc1ccc(-c2nsc(NC(=O)c3cccc4c3ccn4C)n2)cc1. The van der Waals surface area contributed by atoms with E-state index in [4.69, 9.17) is 4.74 Å². The molecule has 0 atom stereocenters. The number of aryl methyl sites for hydroxylation is 1. The van der Waals surface area contributed by atoms with Crippen LogP contribution < -0.4 is 10.1 Å². The van der Waals surface area contributed by atoms with Crippen molar-refractivity contribution < 1.29 is 9.53 Å². The summed E-state index contributed by atoms with van der Waals surface area (Å²) < 4.78 is 11.5. The molecular weight excluding hydrogens is 348 g/mol. The van der Waals surface area contributed by atoms with Crippen molar-refractivity contribution in [2.45, 2.75) is 0 Å². The van der Waals surface area contributed by atoms with Crippen LogP contribution in [0.2, 0.25) is 0 Å². The van der Waals surface area contributed by atoms with Gasteiger partial charge in [0.1, 0.15) is 5.75 Å². The van der Waals surface area contributed by atoms with Crippen LogP contribution >= 0.6 is 11.5 Å². The van der Waals surface area contributed by atoms with Crippen LogP contribution in [0.3, 0.4) is 0 Å². The van der Waals surface area contributed by atoms with Gasteiger partial charge in [-0.15, -0.1) is 0 Å². The summed E-state index contributed by atoms with van der Waals surface area (Å²) in [7, 11) is 3.58. The van der Waals surface area contributed by atoms with Crippen LogP contribution in [0.4, 0.5) is 5.13 Å². The zero-order valence-electron chi connectivity index (χ0n) is 14.3. The predicted molar refractivity (Wildman–Crippen MR) is 103 cm³/mol. The lowest BCUT2D eigenvalue weighted by Gasteiger charge is -2.04. The summed E-state index contributed by atoms with van der Waals surface area (Å²) in [5.41, 5.74) is 2.49. The highest BCUT2D eigenvalue weighted by Gasteiger charge is 2.14. The number of ether oxygens (including phenoxy) is 1. The van der Waals surface area contributed by atoms with Crippen LogP contribution in [0, 0.1) is 0 Å². The minimum Gasteiger partial charge on any atom is -0.497 e. The van der Waals surface area contributed by atoms with E-state index in [9.17, 15) is 4.79 Å². The van der Waals surface area contributed by atoms with Gasteiger partial charge in [0.05, 0.1) is 7.11 Å². The van der Waals surface area contributed by atoms with Crippen molar-refractivity contribution in [3.63, 3.8) is 0 Å². The van der Waals surface area contributed by atoms with Crippen molar-refractivity contribution in [1.82, 2.24) is 13.9 Å². The zero-order chi connectivity index (χ0) is 18.1. The Hall–Kier alpha value is -3.19. The average Bonchev–Trinajstić information content (AvgIpc) is 3.29. The molecule has 4 rings (SSSR count). The molecule has 0 unspecified atom stereocenters. The fraction of sp³-hybridized carbons (Fsp3) is 0.105. The van der Waals surface area contributed by atoms with Gasteiger partial charge in [-0.3, -0.25) is 10.1 Å². The van der Waals surface area contributed by atoms with Crippen LogP contribution in [-0.2, 0) is 7.05 Å². The molecule has 2 heterocycles. The molecule has 6 nitrogen and oxygen atoms in total. The van der Waals surface area contributed by atoms with Gasteiger partial charge >= 0.3 is 0 Å². The summed E-state index contributed by atoms with van der Waals surface area (Å²) in [5.74, 6) is 1.15. The lowest BCUT2D eigenvalue weighted by atomic mass is 10.1. The number of amides is 1. The first-order valence-corrected chi connectivity index (χ1v) is 8.76. The largest absolute Gasteiger partial charge is 0.497 e. The number of carbonyl (C=O) groups is 1. The van der Waals surface area contributed by atoms with Gasteiger partial charge < -0.3 is 9.30 Å². The number of methoxy groups -OCH3 is 1. The molecular formula is C19H16N4O2S. The Morgan fingerprint density at radius 2 is 1.96 bits per heavy atom. The molecule has 1 amide bonds. The van der Waals surface area contributed by atoms with Crippen molar-refractivity contribution in [3.05, 3.63) is 60.3 Å². The topological polar surface area (TPSA) is 69.0 Å². The molecule has 0 aliphatic heterocycles. The van der Waals surface area contributed by atoms with E-state index in [1.807, 2.05) is 66.3 Å². The highest BCUT2D eigenvalue weighted by Crippen LogP contribution is 2.25. The maximum absolute atomic E-state index is 12.7. The quantitative estimate of drug-likeness (QED) is 0.595. The lowest BCUT2D eigenvalue weighted by Crippen LogP contribution is -2.12. The molecule has 0 bridgehead atoms. The van der Waals surface area contributed by atoms with E-state index < -0.39 is 0 Å². The van der Waals surface area contributed by atoms with Gasteiger partial charge in [-0.25, -0.2) is 0 Å². The number of nitrogens with zero attached hydrogens (tertiary/aromatic N) is 3. The summed E-state index contributed by atoms with van der Waals surface area (Å²) in [6.07, 6.45) is 1.94. The minimum absolute atomic E-state index is 0.195. The first-order valence-electron chi connectivity index (χ1n) is 7.99. The number of aromatic nitrogens is 3. The van der Waals surface area contributed by atoms with E-state index in [0.717, 1.165) is 33.7 Å². The van der Waals surface area contributed by atoms with Gasteiger partial charge in [-0.1, -0.05) is 6.07 Å². The Bertz CT molecular complexity index is 1080. The highest BCUT2D eigenvalue weighted by atomic mass is 32.1. The normalized spacial score (nSPS) is 10.8. The lowest BCUT2D eigenvalue weighted by molar-refractivity contribution is 0.102. The Morgan fingerprint density at radius 3 is 2.73 bits per heavy atom. The molecule has 0 radical (unpaired) electrons. The number of nitrogens with one attached hydrogen (secondary N) is 1. The van der Waals surface area contributed by atoms with Crippen LogP contribution in [-0.4, -0.2) is 26.9 Å². The third kappa shape index (κ3) is 2.93. The van der Waals surface area contributed by atoms with E-state index in [0.29, 0.717) is 16.5 Å². The van der Waals surface area contributed by atoms with Crippen LogP contribution in [0.25, 0.3) is 22.3 Å². The summed E-state index contributed by atoms with van der Waals surface area (Å²) >= 11 is 1.16. The molecule has 0 aliphatic carbocycles. The van der Waals surface area contributed by atoms with E-state index in [1.165, 1.54) is 0 Å². The zero-order valence-corrected chi connectivity index (χ0v) is 15.1. The number of benzene rings is 2. The molecule has 26 heavy (non-hydrogen) atoms. The number of hydrogen-bond acceptors (Lipinski definition) is 5. The Morgan fingerprint density at radius 1 is 1.15 bits per heavy atom. The van der Waals surface area contributed by atoms with Gasteiger partial charge in [0, 0.05) is 46.8 Å². The monoisotopic (exact) mass is 364 g/mol. The molecule has 7 heteroatoms. The summed E-state index contributed by atoms with van der Waals surface area (Å²) in [6, 6.07) is 15.1. The van der Waals surface area contributed by atoms with Crippen LogP contribution in [0.15, 0.2) is 54.7 Å². The summed E-state index contributed by atoms with van der Waals surface area (Å²) in [6.45, 7) is 0. The van der Waals surface area contributed by atoms with Gasteiger partial charge in [0.25, 0.3) is 5.91 Å². The van der Waals surface area contributed by atoms with E-state index in [2.05, 4.69) is 14.7 Å². The summed E-state index contributed by atoms with van der Waals surface area (Å²) in [4.78, 5) is 17.1. The van der Waals surface area contributed by atoms with Gasteiger partial charge in [-0.2, -0.15) is 9.36 Å². The fourth-order valence-corrected chi connectivity index (χ4v) is 3.38. The number of hydrogen-bond donors (Lipinski definition) is 1. The number of fused-ring (bicyclic) bond motifs is 1. The molecule has 0 aliphatic rings. The van der Waals surface area contributed by atoms with Crippen molar-refractivity contribution in [1.29, 1.82) is 0 Å². The molecule has 1 N–H and O–H groups in total. The van der Waals surface area contributed by atoms with E-state index >= 15 is 0 Å². The van der Waals surface area contributed by atoms with Crippen molar-refractivity contribution in [3.8, 4) is 17.1 Å². The molecule has 0 spiro atoms. The average molecular weight is 364 g/mol. The first kappa shape index (κ1) is 16.3. The molecule has 130 valence electrons. The first-order chi connectivity index (χ1) is 12.7. The van der Waals surface area contributed by atoms with Crippen LogP contribution in [0.5, 0.6) is 5.75 Å². The van der Waals surface area contributed by atoms with Crippen molar-refractivity contribution in [2.24, 2.45) is 7.05 Å². The molecule has 0 saturated carbocycles. The number of carbonyl (C=O) groups excluding carboxylic acids is 1. The third-order valence-corrected chi connectivity index (χ3v) is 4.80. The highest BCUT2D eigenvalue weighted by molar-refractivity contribution is 7.10. The predicted octanol–water partition coefficient (Wildman–Crippen LogP) is 3.96. The van der Waals surface area contributed by atoms with Crippen molar-refractivity contribution in [2.75, 3.05) is 12.4 Å². The number of rotatable bonds is 4. The minimum atomic E-state index is -0.195. The fourth-order valence-electron chi connectivity index (χ4n) is 2.80. The van der Waals surface area contributed by atoms with Crippen LogP contribution in [0.1, 0.15) is 10.4 Å².